The smallest absolute Gasteiger partial charge is 0.381 e. The van der Waals surface area contributed by atoms with Gasteiger partial charge in [-0.25, -0.2) is 0 Å². The van der Waals surface area contributed by atoms with Crippen molar-refractivity contribution in [3.63, 3.8) is 0 Å². The molecule has 20 heavy (non-hydrogen) atoms. The minimum absolute atomic E-state index is 0.272. The van der Waals surface area contributed by atoms with E-state index in [-0.39, 0.29) is 19.1 Å². The van der Waals surface area contributed by atoms with Crippen LogP contribution < -0.4 is 11.1 Å². The zero-order chi connectivity index (χ0) is 15.2. The molecule has 1 amide bonds. The number of hydrogen-bond donors (Lipinski definition) is 2. The predicted octanol–water partition coefficient (Wildman–Crippen LogP) is 2.12. The molecule has 0 bridgehead atoms. The average Bonchev–Trinajstić information content (AvgIpc) is 3.10. The Hall–Kier alpha value is -0.820. The lowest BCUT2D eigenvalue weighted by molar-refractivity contribution is -0.145. The van der Waals surface area contributed by atoms with Crippen molar-refractivity contribution < 1.29 is 22.7 Å². The van der Waals surface area contributed by atoms with Crippen LogP contribution in [0.5, 0.6) is 0 Å². The molecule has 1 unspecified atom stereocenters. The van der Waals surface area contributed by atoms with E-state index in [0.717, 1.165) is 12.8 Å². The summed E-state index contributed by atoms with van der Waals surface area (Å²) in [5, 5.41) is 3.22. The first-order chi connectivity index (χ1) is 9.23. The van der Waals surface area contributed by atoms with E-state index in [0.29, 0.717) is 25.3 Å². The Morgan fingerprint density at radius 2 is 1.90 bits per heavy atom. The molecule has 4 nitrogen and oxygen atoms in total. The molecule has 1 rings (SSSR count). The van der Waals surface area contributed by atoms with Crippen LogP contribution in [0.25, 0.3) is 0 Å². The molecule has 0 saturated heterocycles. The van der Waals surface area contributed by atoms with Crippen LogP contribution in [0.4, 0.5) is 13.2 Å². The number of unbranched alkanes of at least 4 members (excludes halogenated alkanes) is 1. The lowest BCUT2D eigenvalue weighted by Gasteiger charge is -2.27. The average molecular weight is 296 g/mol. The second kappa shape index (κ2) is 7.26. The van der Waals surface area contributed by atoms with Crippen LogP contribution in [0.3, 0.4) is 0 Å². The number of carbonyl (C=O) groups is 1. The van der Waals surface area contributed by atoms with Gasteiger partial charge in [-0.15, -0.1) is 0 Å². The monoisotopic (exact) mass is 296 g/mol. The van der Waals surface area contributed by atoms with E-state index in [4.69, 9.17) is 10.5 Å². The highest BCUT2D eigenvalue weighted by atomic mass is 19.4. The summed E-state index contributed by atoms with van der Waals surface area (Å²) in [4.78, 5) is 11.5. The molecule has 7 heteroatoms. The zero-order valence-electron chi connectivity index (χ0n) is 11.8. The van der Waals surface area contributed by atoms with Gasteiger partial charge in [0.1, 0.15) is 0 Å². The maximum Gasteiger partial charge on any atom is 0.391 e. The first-order valence-corrected chi connectivity index (χ1v) is 6.95. The highest BCUT2D eigenvalue weighted by Crippen LogP contribution is 2.25. The number of alkyl halides is 3. The van der Waals surface area contributed by atoms with Gasteiger partial charge in [0.05, 0.1) is 18.6 Å². The van der Waals surface area contributed by atoms with Gasteiger partial charge in [0, 0.05) is 12.6 Å². The Bertz CT molecular complexity index is 319. The summed E-state index contributed by atoms with van der Waals surface area (Å²) in [5.41, 5.74) is 4.67. The molecule has 0 heterocycles. The lowest BCUT2D eigenvalue weighted by atomic mass is 9.94. The fraction of sp³-hybridized carbons (Fsp3) is 0.923. The normalized spacial score (nSPS) is 18.8. The SMILES string of the molecule is CC(CCCCOCCC(F)(F)F)(NC1CC1)C(N)=O. The maximum absolute atomic E-state index is 11.9. The summed E-state index contributed by atoms with van der Waals surface area (Å²) in [7, 11) is 0. The molecule has 118 valence electrons. The van der Waals surface area contributed by atoms with Crippen molar-refractivity contribution in [1.29, 1.82) is 0 Å². The zero-order valence-corrected chi connectivity index (χ0v) is 11.8. The molecule has 0 aliphatic heterocycles. The van der Waals surface area contributed by atoms with Crippen LogP contribution in [0.2, 0.25) is 0 Å². The van der Waals surface area contributed by atoms with Crippen LogP contribution in [0, 0.1) is 0 Å². The fourth-order valence-electron chi connectivity index (χ4n) is 1.92. The van der Waals surface area contributed by atoms with Crippen molar-refractivity contribution in [2.75, 3.05) is 13.2 Å². The van der Waals surface area contributed by atoms with E-state index in [1.165, 1.54) is 0 Å². The van der Waals surface area contributed by atoms with Crippen LogP contribution in [0.1, 0.15) is 45.4 Å². The number of primary amides is 1. The minimum Gasteiger partial charge on any atom is -0.381 e. The Morgan fingerprint density at radius 1 is 1.25 bits per heavy atom. The number of halogens is 3. The topological polar surface area (TPSA) is 64.3 Å². The largest absolute Gasteiger partial charge is 0.391 e. The molecule has 1 fully saturated rings. The standard InChI is InChI=1S/C13H23F3N2O2/c1-12(11(17)19,18-10-4-5-10)6-2-3-8-20-9-7-13(14,15)16/h10,18H,2-9H2,1H3,(H2,17,19). The van der Waals surface area contributed by atoms with Crippen LogP contribution in [-0.2, 0) is 9.53 Å². The summed E-state index contributed by atoms with van der Waals surface area (Å²) in [5.74, 6) is -0.387. The van der Waals surface area contributed by atoms with E-state index in [1.54, 1.807) is 6.92 Å². The van der Waals surface area contributed by atoms with Gasteiger partial charge in [0.2, 0.25) is 5.91 Å². The number of rotatable bonds is 10. The molecule has 1 aliphatic rings. The molecule has 1 saturated carbocycles. The minimum atomic E-state index is -4.17. The van der Waals surface area contributed by atoms with Crippen LogP contribution in [-0.4, -0.2) is 36.9 Å². The van der Waals surface area contributed by atoms with Crippen molar-refractivity contribution in [2.45, 2.75) is 63.2 Å². The molecule has 1 atom stereocenters. The summed E-state index contributed by atoms with van der Waals surface area (Å²) in [6.07, 6.45) is -1.10. The van der Waals surface area contributed by atoms with Gasteiger partial charge in [0.25, 0.3) is 0 Å². The summed E-state index contributed by atoms with van der Waals surface area (Å²) < 4.78 is 40.5. The molecule has 3 N–H and O–H groups in total. The number of hydrogen-bond acceptors (Lipinski definition) is 3. The third-order valence-corrected chi connectivity index (χ3v) is 3.39. The molecular formula is C13H23F3N2O2. The van der Waals surface area contributed by atoms with Crippen LogP contribution >= 0.6 is 0 Å². The molecule has 0 spiro atoms. The van der Waals surface area contributed by atoms with Gasteiger partial charge in [-0.2, -0.15) is 13.2 Å². The molecule has 0 aromatic rings. The van der Waals surface area contributed by atoms with Crippen molar-refractivity contribution in [1.82, 2.24) is 5.32 Å². The first kappa shape index (κ1) is 17.2. The molecule has 1 aliphatic carbocycles. The van der Waals surface area contributed by atoms with Crippen molar-refractivity contribution >= 4 is 5.91 Å². The summed E-state index contributed by atoms with van der Waals surface area (Å²) >= 11 is 0. The quantitative estimate of drug-likeness (QED) is 0.607. The van der Waals surface area contributed by atoms with Crippen LogP contribution in [0.15, 0.2) is 0 Å². The van der Waals surface area contributed by atoms with Gasteiger partial charge in [-0.3, -0.25) is 4.79 Å². The number of ether oxygens (including phenoxy) is 1. The van der Waals surface area contributed by atoms with Gasteiger partial charge >= 0.3 is 6.18 Å². The van der Waals surface area contributed by atoms with Gasteiger partial charge < -0.3 is 15.8 Å². The van der Waals surface area contributed by atoms with Crippen molar-refractivity contribution in [3.05, 3.63) is 0 Å². The number of nitrogens with two attached hydrogens (primary N) is 1. The van der Waals surface area contributed by atoms with E-state index in [1.807, 2.05) is 0 Å². The van der Waals surface area contributed by atoms with Gasteiger partial charge in [-0.05, 0) is 39.0 Å². The number of amides is 1. The first-order valence-electron chi connectivity index (χ1n) is 6.95. The fourth-order valence-corrected chi connectivity index (χ4v) is 1.92. The highest BCUT2D eigenvalue weighted by Gasteiger charge is 2.36. The molecular weight excluding hydrogens is 273 g/mol. The van der Waals surface area contributed by atoms with E-state index < -0.39 is 18.1 Å². The maximum atomic E-state index is 11.9. The highest BCUT2D eigenvalue weighted by molar-refractivity contribution is 5.84. The molecule has 0 radical (unpaired) electrons. The number of nitrogens with one attached hydrogen (secondary N) is 1. The second-order valence-electron chi connectivity index (χ2n) is 5.55. The lowest BCUT2D eigenvalue weighted by Crippen LogP contribution is -2.53. The number of carbonyl (C=O) groups excluding carboxylic acids is 1. The van der Waals surface area contributed by atoms with Gasteiger partial charge in [0.15, 0.2) is 0 Å². The Labute approximate surface area is 117 Å². The molecule has 0 aromatic heterocycles. The van der Waals surface area contributed by atoms with Crippen molar-refractivity contribution in [2.24, 2.45) is 5.73 Å². The Kier molecular flexibility index (Phi) is 6.26. The summed E-state index contributed by atoms with van der Waals surface area (Å²) in [6.45, 7) is 1.74. The van der Waals surface area contributed by atoms with E-state index in [2.05, 4.69) is 5.32 Å². The third kappa shape index (κ3) is 7.09. The van der Waals surface area contributed by atoms with Crippen molar-refractivity contribution in [3.8, 4) is 0 Å². The molecule has 0 aromatic carbocycles. The second-order valence-corrected chi connectivity index (χ2v) is 5.55. The third-order valence-electron chi connectivity index (χ3n) is 3.39. The Morgan fingerprint density at radius 3 is 2.40 bits per heavy atom. The Balaban J connectivity index is 2.10. The summed E-state index contributed by atoms with van der Waals surface area (Å²) in [6, 6.07) is 0.371. The van der Waals surface area contributed by atoms with E-state index in [9.17, 15) is 18.0 Å². The predicted molar refractivity (Wildman–Crippen MR) is 69.1 cm³/mol. The van der Waals surface area contributed by atoms with Gasteiger partial charge in [-0.1, -0.05) is 0 Å². The van der Waals surface area contributed by atoms with E-state index >= 15 is 0 Å².